The number of fused-ring (bicyclic) bond motifs is 1. The van der Waals surface area contributed by atoms with Gasteiger partial charge in [-0.1, -0.05) is 30.3 Å². The first-order valence-electron chi connectivity index (χ1n) is 10.9. The topological polar surface area (TPSA) is 76.1 Å². The number of amides is 1. The van der Waals surface area contributed by atoms with E-state index in [1.165, 1.54) is 4.90 Å². The molecule has 1 saturated heterocycles. The zero-order valence-corrected chi connectivity index (χ0v) is 18.2. The average Bonchev–Trinajstić information content (AvgIpc) is 3.42. The highest BCUT2D eigenvalue weighted by atomic mass is 16.5. The largest absolute Gasteiger partial charge is 0.507 e. The second-order valence-corrected chi connectivity index (χ2v) is 7.93. The standard InChI is InChI=1S/C27H23NO5/c1-2-32-21-11-9-20(10-12-21)28-24(17-6-4-3-5-7-17)23(26(30)27(28)31)25(29)19-8-13-22-18(16-19)14-15-33-22/h3-13,16,24,29H,2,14-15H2,1H3/b25-23-. The summed E-state index contributed by atoms with van der Waals surface area (Å²) < 4.78 is 11.1. The Kier molecular flexibility index (Phi) is 5.34. The highest BCUT2D eigenvalue weighted by molar-refractivity contribution is 6.51. The lowest BCUT2D eigenvalue weighted by Gasteiger charge is -2.25. The summed E-state index contributed by atoms with van der Waals surface area (Å²) in [4.78, 5) is 27.9. The van der Waals surface area contributed by atoms with Gasteiger partial charge in [-0.15, -0.1) is 0 Å². The number of ketones is 1. The predicted octanol–water partition coefficient (Wildman–Crippen LogP) is 4.65. The first-order valence-corrected chi connectivity index (χ1v) is 10.9. The minimum Gasteiger partial charge on any atom is -0.507 e. The number of nitrogens with zero attached hydrogens (tertiary/aromatic N) is 1. The van der Waals surface area contributed by atoms with Gasteiger partial charge in [0, 0.05) is 17.7 Å². The maximum atomic E-state index is 13.2. The third-order valence-electron chi connectivity index (χ3n) is 5.95. The molecule has 2 heterocycles. The van der Waals surface area contributed by atoms with E-state index in [0.29, 0.717) is 30.2 Å². The normalized spacial score (nSPS) is 18.8. The molecule has 0 bridgehead atoms. The maximum Gasteiger partial charge on any atom is 0.300 e. The molecule has 1 fully saturated rings. The van der Waals surface area contributed by atoms with E-state index in [0.717, 1.165) is 23.3 Å². The number of hydrogen-bond donors (Lipinski definition) is 1. The Morgan fingerprint density at radius 3 is 2.55 bits per heavy atom. The number of benzene rings is 3. The first kappa shape index (κ1) is 20.8. The van der Waals surface area contributed by atoms with Gasteiger partial charge in [0.15, 0.2) is 0 Å². The Bertz CT molecular complexity index is 1250. The SMILES string of the molecule is CCOc1ccc(N2C(=O)C(=O)/C(=C(\O)c3ccc4c(c3)CCO4)C2c2ccccc2)cc1. The molecule has 0 aliphatic carbocycles. The number of aliphatic hydroxyl groups is 1. The van der Waals surface area contributed by atoms with Crippen molar-refractivity contribution in [3.8, 4) is 11.5 Å². The summed E-state index contributed by atoms with van der Waals surface area (Å²) in [5, 5.41) is 11.3. The maximum absolute atomic E-state index is 13.2. The quantitative estimate of drug-likeness (QED) is 0.354. The van der Waals surface area contributed by atoms with Crippen molar-refractivity contribution in [1.82, 2.24) is 0 Å². The van der Waals surface area contributed by atoms with Crippen molar-refractivity contribution in [2.24, 2.45) is 0 Å². The number of carbonyl (C=O) groups is 2. The third-order valence-corrected chi connectivity index (χ3v) is 5.95. The average molecular weight is 441 g/mol. The molecule has 2 aliphatic rings. The Morgan fingerprint density at radius 2 is 1.82 bits per heavy atom. The van der Waals surface area contributed by atoms with Crippen LogP contribution in [0.25, 0.3) is 5.76 Å². The fraction of sp³-hybridized carbons (Fsp3) is 0.185. The van der Waals surface area contributed by atoms with Gasteiger partial charge >= 0.3 is 0 Å². The van der Waals surface area contributed by atoms with Gasteiger partial charge in [0.1, 0.15) is 17.3 Å². The summed E-state index contributed by atoms with van der Waals surface area (Å²) in [6.07, 6.45) is 0.735. The Morgan fingerprint density at radius 1 is 1.06 bits per heavy atom. The van der Waals surface area contributed by atoms with Gasteiger partial charge in [0.2, 0.25) is 0 Å². The van der Waals surface area contributed by atoms with Crippen LogP contribution in [0.1, 0.15) is 29.7 Å². The number of carbonyl (C=O) groups excluding carboxylic acids is 2. The molecule has 166 valence electrons. The van der Waals surface area contributed by atoms with Crippen LogP contribution in [0, 0.1) is 0 Å². The summed E-state index contributed by atoms with van der Waals surface area (Å²) in [5.74, 6) is -0.133. The van der Waals surface area contributed by atoms with E-state index < -0.39 is 17.7 Å². The molecule has 1 unspecified atom stereocenters. The van der Waals surface area contributed by atoms with Crippen LogP contribution in [0.4, 0.5) is 5.69 Å². The van der Waals surface area contributed by atoms with Crippen molar-refractivity contribution in [1.29, 1.82) is 0 Å². The van der Waals surface area contributed by atoms with Gasteiger partial charge in [-0.2, -0.15) is 0 Å². The lowest BCUT2D eigenvalue weighted by molar-refractivity contribution is -0.132. The second kappa shape index (κ2) is 8.47. The summed E-state index contributed by atoms with van der Waals surface area (Å²) in [5.41, 5.74) is 2.81. The summed E-state index contributed by atoms with van der Waals surface area (Å²) in [6, 6.07) is 20.9. The number of ether oxygens (including phenoxy) is 2. The molecule has 2 aliphatic heterocycles. The van der Waals surface area contributed by atoms with E-state index in [4.69, 9.17) is 9.47 Å². The zero-order chi connectivity index (χ0) is 22.9. The van der Waals surface area contributed by atoms with Crippen LogP contribution < -0.4 is 14.4 Å². The summed E-state index contributed by atoms with van der Waals surface area (Å²) >= 11 is 0. The van der Waals surface area contributed by atoms with Gasteiger partial charge < -0.3 is 14.6 Å². The van der Waals surface area contributed by atoms with Crippen LogP contribution in [-0.2, 0) is 16.0 Å². The predicted molar refractivity (Wildman–Crippen MR) is 124 cm³/mol. The van der Waals surface area contributed by atoms with Crippen molar-refractivity contribution in [3.05, 3.63) is 95.1 Å². The van der Waals surface area contributed by atoms with Gasteiger partial charge in [0.25, 0.3) is 11.7 Å². The molecule has 0 saturated carbocycles. The number of Topliss-reactive ketones (excluding diaryl/α,β-unsaturated/α-hetero) is 1. The van der Waals surface area contributed by atoms with E-state index >= 15 is 0 Å². The van der Waals surface area contributed by atoms with E-state index in [1.807, 2.05) is 43.3 Å². The Balaban J connectivity index is 1.65. The second-order valence-electron chi connectivity index (χ2n) is 7.93. The van der Waals surface area contributed by atoms with Gasteiger partial charge in [-0.3, -0.25) is 14.5 Å². The Hall–Kier alpha value is -4.06. The lowest BCUT2D eigenvalue weighted by Crippen LogP contribution is -2.29. The molecule has 1 amide bonds. The molecule has 0 spiro atoms. The van der Waals surface area contributed by atoms with Crippen LogP contribution >= 0.6 is 0 Å². The molecular weight excluding hydrogens is 418 g/mol. The minimum atomic E-state index is -0.756. The highest BCUT2D eigenvalue weighted by Gasteiger charge is 2.47. The molecule has 6 heteroatoms. The molecule has 3 aromatic carbocycles. The summed E-state index contributed by atoms with van der Waals surface area (Å²) in [6.45, 7) is 3.01. The molecule has 0 aromatic heterocycles. The number of anilines is 1. The van der Waals surface area contributed by atoms with Crippen LogP contribution in [0.15, 0.2) is 78.4 Å². The number of rotatable bonds is 5. The molecule has 33 heavy (non-hydrogen) atoms. The lowest BCUT2D eigenvalue weighted by atomic mass is 9.94. The fourth-order valence-electron chi connectivity index (χ4n) is 4.41. The molecule has 6 nitrogen and oxygen atoms in total. The molecule has 5 rings (SSSR count). The first-order chi connectivity index (χ1) is 16.1. The molecule has 1 atom stereocenters. The van der Waals surface area contributed by atoms with Crippen LogP contribution in [0.5, 0.6) is 11.5 Å². The number of aliphatic hydroxyl groups excluding tert-OH is 1. The molecular formula is C27H23NO5. The third kappa shape index (κ3) is 3.63. The van der Waals surface area contributed by atoms with Crippen molar-refractivity contribution in [2.45, 2.75) is 19.4 Å². The van der Waals surface area contributed by atoms with Crippen molar-refractivity contribution >= 4 is 23.1 Å². The van der Waals surface area contributed by atoms with Crippen LogP contribution in [-0.4, -0.2) is 30.0 Å². The highest BCUT2D eigenvalue weighted by Crippen LogP contribution is 2.43. The van der Waals surface area contributed by atoms with Gasteiger partial charge in [0.05, 0.1) is 24.8 Å². The molecule has 0 radical (unpaired) electrons. The number of hydrogen-bond acceptors (Lipinski definition) is 5. The van der Waals surface area contributed by atoms with Crippen molar-refractivity contribution in [3.63, 3.8) is 0 Å². The smallest absolute Gasteiger partial charge is 0.300 e. The Labute approximate surface area is 191 Å². The van der Waals surface area contributed by atoms with Crippen molar-refractivity contribution < 1.29 is 24.2 Å². The monoisotopic (exact) mass is 441 g/mol. The van der Waals surface area contributed by atoms with E-state index in [9.17, 15) is 14.7 Å². The van der Waals surface area contributed by atoms with Crippen LogP contribution in [0.2, 0.25) is 0 Å². The van der Waals surface area contributed by atoms with Gasteiger partial charge in [-0.25, -0.2) is 0 Å². The fourth-order valence-corrected chi connectivity index (χ4v) is 4.41. The van der Waals surface area contributed by atoms with Crippen molar-refractivity contribution in [2.75, 3.05) is 18.1 Å². The molecule has 1 N–H and O–H groups in total. The minimum absolute atomic E-state index is 0.0685. The van der Waals surface area contributed by atoms with E-state index in [1.54, 1.807) is 36.4 Å². The van der Waals surface area contributed by atoms with E-state index in [-0.39, 0.29) is 11.3 Å². The summed E-state index contributed by atoms with van der Waals surface area (Å²) in [7, 11) is 0. The zero-order valence-electron chi connectivity index (χ0n) is 18.2. The molecule has 3 aromatic rings. The van der Waals surface area contributed by atoms with Crippen LogP contribution in [0.3, 0.4) is 0 Å². The van der Waals surface area contributed by atoms with Gasteiger partial charge in [-0.05, 0) is 60.5 Å². The van der Waals surface area contributed by atoms with E-state index in [2.05, 4.69) is 0 Å².